The lowest BCUT2D eigenvalue weighted by atomic mass is 10.0. The molecule has 0 radical (unpaired) electrons. The van der Waals surface area contributed by atoms with Gasteiger partial charge in [0, 0.05) is 13.2 Å². The van der Waals surface area contributed by atoms with Gasteiger partial charge in [0.2, 0.25) is 0 Å². The molecule has 1 saturated heterocycles. The predicted octanol–water partition coefficient (Wildman–Crippen LogP) is 1.27. The van der Waals surface area contributed by atoms with Crippen LogP contribution < -0.4 is 5.32 Å². The third-order valence-corrected chi connectivity index (χ3v) is 2.18. The molecule has 72 valence electrons. The molecule has 1 N–H and O–H groups in total. The monoisotopic (exact) mass is 179 g/mol. The molecule has 1 aliphatic rings. The van der Waals surface area contributed by atoms with Gasteiger partial charge in [-0.3, -0.25) is 0 Å². The zero-order chi connectivity index (χ0) is 8.97. The van der Waals surface area contributed by atoms with Crippen molar-refractivity contribution >= 4 is 0 Å². The zero-order valence-corrected chi connectivity index (χ0v) is 7.22. The van der Waals surface area contributed by atoms with Crippen molar-refractivity contribution in [2.75, 3.05) is 19.7 Å². The normalized spacial score (nSPS) is 30.0. The SMILES string of the molecule is CC1CCOC1CNCC(F)F. The number of hydrogen-bond acceptors (Lipinski definition) is 2. The topological polar surface area (TPSA) is 21.3 Å². The van der Waals surface area contributed by atoms with Gasteiger partial charge in [0.25, 0.3) is 6.43 Å². The molecular weight excluding hydrogens is 164 g/mol. The number of ether oxygens (including phenoxy) is 1. The van der Waals surface area contributed by atoms with E-state index < -0.39 is 6.43 Å². The van der Waals surface area contributed by atoms with Crippen LogP contribution in [0, 0.1) is 5.92 Å². The molecular formula is C8H15F2NO. The van der Waals surface area contributed by atoms with E-state index in [4.69, 9.17) is 4.74 Å². The number of nitrogens with one attached hydrogen (secondary N) is 1. The van der Waals surface area contributed by atoms with Crippen molar-refractivity contribution in [3.05, 3.63) is 0 Å². The average Bonchev–Trinajstić information content (AvgIpc) is 2.36. The van der Waals surface area contributed by atoms with Crippen LogP contribution in [0.15, 0.2) is 0 Å². The first kappa shape index (κ1) is 9.86. The van der Waals surface area contributed by atoms with Crippen molar-refractivity contribution in [1.29, 1.82) is 0 Å². The lowest BCUT2D eigenvalue weighted by molar-refractivity contribution is 0.0846. The van der Waals surface area contributed by atoms with Crippen molar-refractivity contribution < 1.29 is 13.5 Å². The van der Waals surface area contributed by atoms with Gasteiger partial charge in [0.05, 0.1) is 12.6 Å². The van der Waals surface area contributed by atoms with Crippen LogP contribution in [-0.4, -0.2) is 32.2 Å². The molecule has 0 bridgehead atoms. The molecule has 1 heterocycles. The van der Waals surface area contributed by atoms with Crippen LogP contribution in [-0.2, 0) is 4.74 Å². The van der Waals surface area contributed by atoms with Crippen molar-refractivity contribution in [3.8, 4) is 0 Å². The highest BCUT2D eigenvalue weighted by molar-refractivity contribution is 4.74. The van der Waals surface area contributed by atoms with Gasteiger partial charge in [-0.1, -0.05) is 6.92 Å². The molecule has 0 spiro atoms. The second kappa shape index (κ2) is 4.72. The summed E-state index contributed by atoms with van der Waals surface area (Å²) < 4.78 is 28.7. The quantitative estimate of drug-likeness (QED) is 0.701. The Balaban J connectivity index is 2.06. The lowest BCUT2D eigenvalue weighted by Gasteiger charge is -2.14. The number of alkyl halides is 2. The minimum absolute atomic E-state index is 0.128. The first-order chi connectivity index (χ1) is 5.70. The fourth-order valence-corrected chi connectivity index (χ4v) is 1.35. The summed E-state index contributed by atoms with van der Waals surface area (Å²) in [4.78, 5) is 0. The van der Waals surface area contributed by atoms with Crippen LogP contribution in [0.2, 0.25) is 0 Å². The highest BCUT2D eigenvalue weighted by Crippen LogP contribution is 2.18. The summed E-state index contributed by atoms with van der Waals surface area (Å²) >= 11 is 0. The summed E-state index contributed by atoms with van der Waals surface area (Å²) in [6.45, 7) is 3.17. The van der Waals surface area contributed by atoms with E-state index in [1.165, 1.54) is 0 Å². The molecule has 1 aliphatic heterocycles. The Hall–Kier alpha value is -0.220. The molecule has 0 aromatic carbocycles. The molecule has 0 amide bonds. The molecule has 1 fully saturated rings. The van der Waals surface area contributed by atoms with Crippen LogP contribution in [0.5, 0.6) is 0 Å². The largest absolute Gasteiger partial charge is 0.377 e. The third kappa shape index (κ3) is 3.03. The van der Waals surface area contributed by atoms with E-state index in [1.54, 1.807) is 0 Å². The van der Waals surface area contributed by atoms with Gasteiger partial charge < -0.3 is 10.1 Å². The van der Waals surface area contributed by atoms with Gasteiger partial charge in [0.15, 0.2) is 0 Å². The smallest absolute Gasteiger partial charge is 0.250 e. The summed E-state index contributed by atoms with van der Waals surface area (Å²) in [5, 5.41) is 2.68. The van der Waals surface area contributed by atoms with Crippen molar-refractivity contribution in [3.63, 3.8) is 0 Å². The Morgan fingerprint density at radius 1 is 1.58 bits per heavy atom. The second-order valence-corrected chi connectivity index (χ2v) is 3.22. The van der Waals surface area contributed by atoms with E-state index in [2.05, 4.69) is 12.2 Å². The molecule has 0 aromatic rings. The molecule has 0 aromatic heterocycles. The van der Waals surface area contributed by atoms with Crippen LogP contribution in [0.25, 0.3) is 0 Å². The standard InChI is InChI=1S/C8H15F2NO/c1-6-2-3-12-7(6)4-11-5-8(9)10/h6-8,11H,2-5H2,1H3. The Morgan fingerprint density at radius 3 is 2.83 bits per heavy atom. The fraction of sp³-hybridized carbons (Fsp3) is 1.00. The highest BCUT2D eigenvalue weighted by Gasteiger charge is 2.23. The summed E-state index contributed by atoms with van der Waals surface area (Å²) in [5.41, 5.74) is 0. The van der Waals surface area contributed by atoms with E-state index in [0.717, 1.165) is 13.0 Å². The molecule has 2 atom stereocenters. The summed E-state index contributed by atoms with van der Waals surface area (Å²) in [5.74, 6) is 0.496. The van der Waals surface area contributed by atoms with E-state index in [9.17, 15) is 8.78 Å². The first-order valence-electron chi connectivity index (χ1n) is 4.30. The highest BCUT2D eigenvalue weighted by atomic mass is 19.3. The second-order valence-electron chi connectivity index (χ2n) is 3.22. The maximum atomic E-state index is 11.7. The molecule has 2 unspecified atom stereocenters. The molecule has 12 heavy (non-hydrogen) atoms. The van der Waals surface area contributed by atoms with Crippen LogP contribution in [0.3, 0.4) is 0 Å². The van der Waals surface area contributed by atoms with Crippen molar-refractivity contribution in [2.45, 2.75) is 25.9 Å². The van der Waals surface area contributed by atoms with Gasteiger partial charge >= 0.3 is 0 Å². The molecule has 0 saturated carbocycles. The number of hydrogen-bond donors (Lipinski definition) is 1. The minimum Gasteiger partial charge on any atom is -0.377 e. The van der Waals surface area contributed by atoms with Crippen molar-refractivity contribution in [1.82, 2.24) is 5.32 Å². The van der Waals surface area contributed by atoms with E-state index in [1.807, 2.05) is 0 Å². The van der Waals surface area contributed by atoms with Crippen LogP contribution >= 0.6 is 0 Å². The van der Waals surface area contributed by atoms with Crippen LogP contribution in [0.4, 0.5) is 8.78 Å². The predicted molar refractivity (Wildman–Crippen MR) is 42.4 cm³/mol. The third-order valence-electron chi connectivity index (χ3n) is 2.18. The number of halogens is 2. The lowest BCUT2D eigenvalue weighted by Crippen LogP contribution is -2.32. The zero-order valence-electron chi connectivity index (χ0n) is 7.22. The number of rotatable bonds is 4. The average molecular weight is 179 g/mol. The Labute approximate surface area is 71.3 Å². The van der Waals surface area contributed by atoms with Gasteiger partial charge in [-0.2, -0.15) is 0 Å². The Bertz CT molecular complexity index is 132. The van der Waals surface area contributed by atoms with E-state index >= 15 is 0 Å². The van der Waals surface area contributed by atoms with E-state index in [-0.39, 0.29) is 12.6 Å². The summed E-state index contributed by atoms with van der Waals surface area (Å²) in [6, 6.07) is 0. The Morgan fingerprint density at radius 2 is 2.33 bits per heavy atom. The minimum atomic E-state index is -2.26. The molecule has 2 nitrogen and oxygen atoms in total. The van der Waals surface area contributed by atoms with Gasteiger partial charge in [-0.25, -0.2) is 8.78 Å². The van der Waals surface area contributed by atoms with E-state index in [0.29, 0.717) is 12.5 Å². The fourth-order valence-electron chi connectivity index (χ4n) is 1.35. The molecule has 1 rings (SSSR count). The Kier molecular flexibility index (Phi) is 3.88. The van der Waals surface area contributed by atoms with Crippen LogP contribution in [0.1, 0.15) is 13.3 Å². The summed E-state index contributed by atoms with van der Waals surface area (Å²) in [6.07, 6.45) is -1.09. The maximum absolute atomic E-state index is 11.7. The molecule has 4 heteroatoms. The van der Waals surface area contributed by atoms with Gasteiger partial charge in [-0.05, 0) is 12.3 Å². The maximum Gasteiger partial charge on any atom is 0.250 e. The van der Waals surface area contributed by atoms with Crippen molar-refractivity contribution in [2.24, 2.45) is 5.92 Å². The first-order valence-corrected chi connectivity index (χ1v) is 4.30. The molecule has 0 aliphatic carbocycles. The summed E-state index contributed by atoms with van der Waals surface area (Å²) in [7, 11) is 0. The van der Waals surface area contributed by atoms with Gasteiger partial charge in [0.1, 0.15) is 0 Å². The van der Waals surface area contributed by atoms with Gasteiger partial charge in [-0.15, -0.1) is 0 Å².